The highest BCUT2D eigenvalue weighted by molar-refractivity contribution is 7.89. The second kappa shape index (κ2) is 6.37. The van der Waals surface area contributed by atoms with Crippen molar-refractivity contribution >= 4 is 38.3 Å². The van der Waals surface area contributed by atoms with E-state index in [2.05, 4.69) is 5.32 Å². The molecule has 0 saturated heterocycles. The largest absolute Gasteiger partial charge is 0.325 e. The van der Waals surface area contributed by atoms with E-state index in [0.717, 1.165) is 17.0 Å². The molecule has 0 heterocycles. The summed E-state index contributed by atoms with van der Waals surface area (Å²) >= 11 is 0. The number of amides is 2. The molecule has 0 spiro atoms. The van der Waals surface area contributed by atoms with Crippen molar-refractivity contribution in [3.8, 4) is 0 Å². The number of sulfonamides is 1. The van der Waals surface area contributed by atoms with Crippen molar-refractivity contribution in [2.24, 2.45) is 5.92 Å². The van der Waals surface area contributed by atoms with Crippen molar-refractivity contribution < 1.29 is 18.0 Å². The molecule has 0 aliphatic carbocycles. The lowest BCUT2D eigenvalue weighted by Crippen LogP contribution is -2.30. The molecule has 2 aromatic carbocycles. The maximum absolute atomic E-state index is 12.2. The lowest BCUT2D eigenvalue weighted by Gasteiger charge is -2.14. The minimum absolute atomic E-state index is 0.100. The first-order valence-corrected chi connectivity index (χ1v) is 8.92. The van der Waals surface area contributed by atoms with Gasteiger partial charge in [0.1, 0.15) is 0 Å². The summed E-state index contributed by atoms with van der Waals surface area (Å²) < 4.78 is 24.5. The molecule has 0 aliphatic rings. The van der Waals surface area contributed by atoms with Crippen molar-refractivity contribution in [1.29, 1.82) is 0 Å². The Morgan fingerprint density at radius 3 is 2.13 bits per heavy atom. The van der Waals surface area contributed by atoms with Crippen molar-refractivity contribution in [3.63, 3.8) is 0 Å². The van der Waals surface area contributed by atoms with Crippen LogP contribution in [0.25, 0.3) is 10.8 Å². The van der Waals surface area contributed by atoms with E-state index in [1.165, 1.54) is 0 Å². The Kier molecular flexibility index (Phi) is 4.70. The molecule has 0 bridgehead atoms. The highest BCUT2D eigenvalue weighted by Gasteiger charge is 2.18. The highest BCUT2D eigenvalue weighted by atomic mass is 32.2. The van der Waals surface area contributed by atoms with Gasteiger partial charge in [0.25, 0.3) is 5.91 Å². The van der Waals surface area contributed by atoms with Gasteiger partial charge in [-0.25, -0.2) is 13.1 Å². The monoisotopic (exact) mass is 334 g/mol. The summed E-state index contributed by atoms with van der Waals surface area (Å²) in [4.78, 5) is 24.2. The first-order chi connectivity index (χ1) is 10.7. The normalized spacial score (nSPS) is 11.5. The number of rotatable bonds is 4. The van der Waals surface area contributed by atoms with Gasteiger partial charge >= 0.3 is 0 Å². The first kappa shape index (κ1) is 17.0. The Morgan fingerprint density at radius 2 is 1.61 bits per heavy atom. The van der Waals surface area contributed by atoms with E-state index in [-0.39, 0.29) is 23.1 Å². The second-order valence-electron chi connectivity index (χ2n) is 5.59. The van der Waals surface area contributed by atoms with Crippen LogP contribution in [0.1, 0.15) is 24.2 Å². The van der Waals surface area contributed by atoms with Crippen LogP contribution in [0, 0.1) is 5.92 Å². The van der Waals surface area contributed by atoms with E-state index in [9.17, 15) is 18.0 Å². The van der Waals surface area contributed by atoms with E-state index in [1.807, 2.05) is 22.9 Å². The van der Waals surface area contributed by atoms with Gasteiger partial charge < -0.3 is 5.32 Å². The summed E-state index contributed by atoms with van der Waals surface area (Å²) in [5.74, 6) is -1.31. The molecule has 0 radical (unpaired) electrons. The predicted molar refractivity (Wildman–Crippen MR) is 89.7 cm³/mol. The van der Waals surface area contributed by atoms with Crippen LogP contribution in [-0.4, -0.2) is 26.5 Å². The quantitative estimate of drug-likeness (QED) is 0.896. The zero-order valence-electron chi connectivity index (χ0n) is 13.1. The molecule has 0 fully saturated rings. The number of nitrogens with one attached hydrogen (secondary N) is 2. The summed E-state index contributed by atoms with van der Waals surface area (Å²) in [6, 6.07) is 10.5. The van der Waals surface area contributed by atoms with Crippen LogP contribution in [0.15, 0.2) is 36.4 Å². The van der Waals surface area contributed by atoms with Gasteiger partial charge in [0, 0.05) is 5.92 Å². The molecule has 0 atom stereocenters. The molecule has 2 rings (SSSR count). The molecule has 2 N–H and O–H groups in total. The predicted octanol–water partition coefficient (Wildman–Crippen LogP) is 2.12. The SMILES string of the molecule is CC(C)C(=O)Nc1cc2ccccc2cc1C(=O)NS(C)(=O)=O. The van der Waals surface area contributed by atoms with E-state index >= 15 is 0 Å². The minimum Gasteiger partial charge on any atom is -0.325 e. The molecular formula is C16H18N2O4S. The van der Waals surface area contributed by atoms with Crippen LogP contribution in [0.5, 0.6) is 0 Å². The molecule has 23 heavy (non-hydrogen) atoms. The third-order valence-electron chi connectivity index (χ3n) is 3.19. The average molecular weight is 334 g/mol. The Balaban J connectivity index is 2.54. The molecule has 7 heteroatoms. The minimum atomic E-state index is -3.70. The summed E-state index contributed by atoms with van der Waals surface area (Å²) in [5.41, 5.74) is 0.381. The van der Waals surface area contributed by atoms with Crippen LogP contribution in [0.4, 0.5) is 5.69 Å². The van der Waals surface area contributed by atoms with Crippen molar-refractivity contribution in [2.45, 2.75) is 13.8 Å². The third-order valence-corrected chi connectivity index (χ3v) is 3.75. The van der Waals surface area contributed by atoms with Crippen LogP contribution in [-0.2, 0) is 14.8 Å². The molecule has 0 aromatic heterocycles. The third kappa shape index (κ3) is 4.29. The fourth-order valence-corrected chi connectivity index (χ4v) is 2.48. The molecule has 6 nitrogen and oxygen atoms in total. The smallest absolute Gasteiger partial charge is 0.266 e. The van der Waals surface area contributed by atoms with E-state index < -0.39 is 15.9 Å². The van der Waals surface area contributed by atoms with Gasteiger partial charge in [-0.3, -0.25) is 9.59 Å². The van der Waals surface area contributed by atoms with Crippen molar-refractivity contribution in [3.05, 3.63) is 42.0 Å². The maximum Gasteiger partial charge on any atom is 0.266 e. The maximum atomic E-state index is 12.2. The number of benzene rings is 2. The van der Waals surface area contributed by atoms with Gasteiger partial charge in [-0.1, -0.05) is 38.1 Å². The molecule has 0 aliphatic heterocycles. The van der Waals surface area contributed by atoms with Crippen LogP contribution in [0.3, 0.4) is 0 Å². The summed E-state index contributed by atoms with van der Waals surface area (Å²) in [6.07, 6.45) is 0.901. The molecule has 2 aromatic rings. The number of anilines is 1. The zero-order valence-corrected chi connectivity index (χ0v) is 13.9. The summed E-state index contributed by atoms with van der Waals surface area (Å²) in [5, 5.41) is 4.28. The second-order valence-corrected chi connectivity index (χ2v) is 7.34. The van der Waals surface area contributed by atoms with Gasteiger partial charge in [0.2, 0.25) is 15.9 Å². The molecule has 2 amide bonds. The van der Waals surface area contributed by atoms with Gasteiger partial charge in [-0.15, -0.1) is 0 Å². The van der Waals surface area contributed by atoms with Crippen LogP contribution in [0.2, 0.25) is 0 Å². The highest BCUT2D eigenvalue weighted by Crippen LogP contribution is 2.25. The zero-order chi connectivity index (χ0) is 17.2. The van der Waals surface area contributed by atoms with Crippen molar-refractivity contribution in [2.75, 3.05) is 11.6 Å². The average Bonchev–Trinajstić information content (AvgIpc) is 2.44. The van der Waals surface area contributed by atoms with Gasteiger partial charge in [0.15, 0.2) is 0 Å². The van der Waals surface area contributed by atoms with Crippen LogP contribution < -0.4 is 10.0 Å². The summed E-state index contributed by atoms with van der Waals surface area (Å²) in [7, 11) is -3.70. The van der Waals surface area contributed by atoms with E-state index in [1.54, 1.807) is 32.0 Å². The topological polar surface area (TPSA) is 92.3 Å². The first-order valence-electron chi connectivity index (χ1n) is 7.03. The number of fused-ring (bicyclic) bond motifs is 1. The summed E-state index contributed by atoms with van der Waals surface area (Å²) in [6.45, 7) is 3.46. The van der Waals surface area contributed by atoms with E-state index in [0.29, 0.717) is 0 Å². The number of hydrogen-bond donors (Lipinski definition) is 2. The molecule has 122 valence electrons. The fourth-order valence-electron chi connectivity index (χ4n) is 2.03. The fraction of sp³-hybridized carbons (Fsp3) is 0.250. The Bertz CT molecular complexity index is 873. The Morgan fingerprint density at radius 1 is 1.04 bits per heavy atom. The number of carbonyl (C=O) groups excluding carboxylic acids is 2. The standard InChI is InChI=1S/C16H18N2O4S/c1-10(2)15(19)17-14-9-12-7-5-4-6-11(12)8-13(14)16(20)18-23(3,21)22/h4-10H,1-3H3,(H,17,19)(H,18,20). The lowest BCUT2D eigenvalue weighted by atomic mass is 10.0. The molecule has 0 saturated carbocycles. The Hall–Kier alpha value is -2.41. The van der Waals surface area contributed by atoms with Gasteiger partial charge in [0.05, 0.1) is 17.5 Å². The molecular weight excluding hydrogens is 316 g/mol. The van der Waals surface area contributed by atoms with Gasteiger partial charge in [-0.2, -0.15) is 0 Å². The number of carbonyl (C=O) groups is 2. The lowest BCUT2D eigenvalue weighted by molar-refractivity contribution is -0.118. The molecule has 0 unspecified atom stereocenters. The number of hydrogen-bond acceptors (Lipinski definition) is 4. The van der Waals surface area contributed by atoms with E-state index in [4.69, 9.17) is 0 Å². The Labute approximate surface area is 134 Å². The van der Waals surface area contributed by atoms with Gasteiger partial charge in [-0.05, 0) is 22.9 Å². The van der Waals surface area contributed by atoms with Crippen molar-refractivity contribution in [1.82, 2.24) is 4.72 Å². The van der Waals surface area contributed by atoms with Crippen LogP contribution >= 0.6 is 0 Å².